The van der Waals surface area contributed by atoms with E-state index < -0.39 is 0 Å². The van der Waals surface area contributed by atoms with E-state index in [1.165, 1.54) is 38.1 Å². The molecule has 1 saturated heterocycles. The van der Waals surface area contributed by atoms with Crippen molar-refractivity contribution < 1.29 is 5.11 Å². The summed E-state index contributed by atoms with van der Waals surface area (Å²) < 4.78 is 0. The van der Waals surface area contributed by atoms with Crippen LogP contribution in [0.4, 0.5) is 0 Å². The molecule has 1 aliphatic heterocycles. The number of thioether (sulfide) groups is 1. The van der Waals surface area contributed by atoms with Crippen molar-refractivity contribution >= 4 is 11.8 Å². The second-order valence-corrected chi connectivity index (χ2v) is 5.35. The maximum absolute atomic E-state index is 9.21. The molecule has 3 heteroatoms. The largest absolute Gasteiger partial charge is 0.395 e. The zero-order chi connectivity index (χ0) is 9.10. The van der Waals surface area contributed by atoms with Crippen LogP contribution in [0.15, 0.2) is 0 Å². The third-order valence-electron chi connectivity index (χ3n) is 3.28. The lowest BCUT2D eigenvalue weighted by Crippen LogP contribution is -2.47. The van der Waals surface area contributed by atoms with E-state index in [0.717, 1.165) is 11.7 Å². The van der Waals surface area contributed by atoms with Crippen molar-refractivity contribution in [3.8, 4) is 0 Å². The van der Waals surface area contributed by atoms with Gasteiger partial charge in [-0.15, -0.1) is 0 Å². The molecule has 2 rings (SSSR count). The second-order valence-electron chi connectivity index (χ2n) is 4.20. The molecule has 1 saturated carbocycles. The number of nitrogens with zero attached hydrogens (tertiary/aromatic N) is 1. The summed E-state index contributed by atoms with van der Waals surface area (Å²) in [4.78, 5) is 2.50. The molecule has 2 nitrogen and oxygen atoms in total. The third kappa shape index (κ3) is 2.39. The first-order chi connectivity index (χ1) is 6.40. The number of hydrogen-bond acceptors (Lipinski definition) is 3. The quantitative estimate of drug-likeness (QED) is 0.742. The Kier molecular flexibility index (Phi) is 3.52. The highest BCUT2D eigenvalue weighted by Gasteiger charge is 2.26. The van der Waals surface area contributed by atoms with Crippen LogP contribution < -0.4 is 0 Å². The van der Waals surface area contributed by atoms with Gasteiger partial charge in [-0.1, -0.05) is 6.42 Å². The van der Waals surface area contributed by atoms with Crippen molar-refractivity contribution in [1.82, 2.24) is 4.90 Å². The van der Waals surface area contributed by atoms with Crippen LogP contribution >= 0.6 is 11.8 Å². The van der Waals surface area contributed by atoms with Gasteiger partial charge in [0.25, 0.3) is 0 Å². The fraction of sp³-hybridized carbons (Fsp3) is 1.00. The second kappa shape index (κ2) is 4.67. The molecule has 76 valence electrons. The summed E-state index contributed by atoms with van der Waals surface area (Å²) in [5, 5.41) is 9.21. The van der Waals surface area contributed by atoms with E-state index >= 15 is 0 Å². The molecule has 0 spiro atoms. The molecule has 0 aromatic heterocycles. The minimum atomic E-state index is 0.347. The van der Waals surface area contributed by atoms with Crippen molar-refractivity contribution in [1.29, 1.82) is 0 Å². The van der Waals surface area contributed by atoms with Gasteiger partial charge >= 0.3 is 0 Å². The molecule has 1 aliphatic carbocycles. The highest BCUT2D eigenvalue weighted by atomic mass is 32.2. The molecule has 0 aromatic rings. The van der Waals surface area contributed by atoms with E-state index in [4.69, 9.17) is 0 Å². The van der Waals surface area contributed by atoms with Gasteiger partial charge in [-0.05, 0) is 18.8 Å². The topological polar surface area (TPSA) is 23.5 Å². The first kappa shape index (κ1) is 9.81. The predicted molar refractivity (Wildman–Crippen MR) is 57.1 cm³/mol. The molecule has 0 radical (unpaired) electrons. The Morgan fingerprint density at radius 2 is 2.23 bits per heavy atom. The van der Waals surface area contributed by atoms with E-state index in [1.54, 1.807) is 0 Å². The van der Waals surface area contributed by atoms with Crippen LogP contribution in [0.5, 0.6) is 0 Å². The molecular weight excluding hydrogens is 182 g/mol. The molecule has 2 aliphatic rings. The first-order valence-corrected chi connectivity index (χ1v) is 6.48. The maximum atomic E-state index is 9.21. The number of hydrogen-bond donors (Lipinski definition) is 1. The number of aliphatic hydroxyl groups excluding tert-OH is 1. The molecule has 1 atom stereocenters. The smallest absolute Gasteiger partial charge is 0.0594 e. The van der Waals surface area contributed by atoms with E-state index in [-0.39, 0.29) is 0 Å². The normalized spacial score (nSPS) is 31.6. The fourth-order valence-corrected chi connectivity index (χ4v) is 3.22. The fourth-order valence-electron chi connectivity index (χ4n) is 2.10. The van der Waals surface area contributed by atoms with Gasteiger partial charge < -0.3 is 5.11 Å². The van der Waals surface area contributed by atoms with Crippen molar-refractivity contribution in [2.45, 2.75) is 25.3 Å². The van der Waals surface area contributed by atoms with Crippen molar-refractivity contribution in [2.75, 3.05) is 31.2 Å². The van der Waals surface area contributed by atoms with Crippen molar-refractivity contribution in [2.24, 2.45) is 5.92 Å². The average Bonchev–Trinajstić information content (AvgIpc) is 2.12. The molecular formula is C10H19NOS. The van der Waals surface area contributed by atoms with E-state index in [1.807, 2.05) is 11.8 Å². The van der Waals surface area contributed by atoms with Gasteiger partial charge in [-0.25, -0.2) is 0 Å². The monoisotopic (exact) mass is 201 g/mol. The molecule has 2 fully saturated rings. The zero-order valence-electron chi connectivity index (χ0n) is 8.11. The van der Waals surface area contributed by atoms with E-state index in [0.29, 0.717) is 12.6 Å². The van der Waals surface area contributed by atoms with Crippen LogP contribution in [-0.4, -0.2) is 47.3 Å². The van der Waals surface area contributed by atoms with Crippen LogP contribution in [0.3, 0.4) is 0 Å². The van der Waals surface area contributed by atoms with Crippen molar-refractivity contribution in [3.05, 3.63) is 0 Å². The van der Waals surface area contributed by atoms with Crippen LogP contribution in [0.25, 0.3) is 0 Å². The Bertz CT molecular complexity index is 161. The lowest BCUT2D eigenvalue weighted by molar-refractivity contribution is 0.103. The highest BCUT2D eigenvalue weighted by Crippen LogP contribution is 2.29. The van der Waals surface area contributed by atoms with E-state index in [9.17, 15) is 5.11 Å². The van der Waals surface area contributed by atoms with Crippen molar-refractivity contribution in [3.63, 3.8) is 0 Å². The lowest BCUT2D eigenvalue weighted by atomic mass is 9.85. The summed E-state index contributed by atoms with van der Waals surface area (Å²) in [6.07, 6.45) is 4.26. The van der Waals surface area contributed by atoms with Gasteiger partial charge in [0.1, 0.15) is 0 Å². The van der Waals surface area contributed by atoms with Crippen LogP contribution in [0.2, 0.25) is 0 Å². The minimum Gasteiger partial charge on any atom is -0.395 e. The molecule has 1 N–H and O–H groups in total. The number of rotatable bonds is 3. The summed E-state index contributed by atoms with van der Waals surface area (Å²) in [5.41, 5.74) is 0. The SMILES string of the molecule is OCC1CSCCN1CC1CCC1. The third-order valence-corrected chi connectivity index (χ3v) is 4.37. The van der Waals surface area contributed by atoms with Gasteiger partial charge in [0.05, 0.1) is 6.61 Å². The Labute approximate surface area is 84.7 Å². The number of aliphatic hydroxyl groups is 1. The summed E-state index contributed by atoms with van der Waals surface area (Å²) >= 11 is 1.98. The average molecular weight is 201 g/mol. The molecule has 1 unspecified atom stereocenters. The zero-order valence-corrected chi connectivity index (χ0v) is 8.93. The van der Waals surface area contributed by atoms with Gasteiger partial charge in [0.15, 0.2) is 0 Å². The summed E-state index contributed by atoms with van der Waals surface area (Å²) in [6.45, 7) is 2.78. The summed E-state index contributed by atoms with van der Waals surface area (Å²) in [7, 11) is 0. The first-order valence-electron chi connectivity index (χ1n) is 5.33. The Hall–Kier alpha value is 0.270. The van der Waals surface area contributed by atoms with Gasteiger partial charge in [0, 0.05) is 30.6 Å². The highest BCUT2D eigenvalue weighted by molar-refractivity contribution is 7.99. The van der Waals surface area contributed by atoms with E-state index in [2.05, 4.69) is 4.90 Å². The minimum absolute atomic E-state index is 0.347. The van der Waals surface area contributed by atoms with Gasteiger partial charge in [-0.2, -0.15) is 11.8 Å². The van der Waals surface area contributed by atoms with Crippen LogP contribution in [0, 0.1) is 5.92 Å². The summed E-state index contributed by atoms with van der Waals surface area (Å²) in [5.74, 6) is 3.32. The Morgan fingerprint density at radius 3 is 2.85 bits per heavy atom. The molecule has 0 aromatic carbocycles. The van der Waals surface area contributed by atoms with Gasteiger partial charge in [0.2, 0.25) is 0 Å². The molecule has 1 heterocycles. The molecule has 13 heavy (non-hydrogen) atoms. The Morgan fingerprint density at radius 1 is 1.38 bits per heavy atom. The molecule has 0 amide bonds. The lowest BCUT2D eigenvalue weighted by Gasteiger charge is -2.39. The van der Waals surface area contributed by atoms with Crippen LogP contribution in [-0.2, 0) is 0 Å². The van der Waals surface area contributed by atoms with Crippen LogP contribution in [0.1, 0.15) is 19.3 Å². The van der Waals surface area contributed by atoms with Gasteiger partial charge in [-0.3, -0.25) is 4.90 Å². The standard InChI is InChI=1S/C10H19NOS/c12-7-10-8-13-5-4-11(10)6-9-2-1-3-9/h9-10,12H,1-8H2. The predicted octanol–water partition coefficient (Wildman–Crippen LogP) is 1.20. The Balaban J connectivity index is 1.79. The summed E-state index contributed by atoms with van der Waals surface area (Å²) in [6, 6.07) is 0.444. The molecule has 0 bridgehead atoms. The maximum Gasteiger partial charge on any atom is 0.0594 e.